The Balaban J connectivity index is 1.71. The Morgan fingerprint density at radius 1 is 1.30 bits per heavy atom. The van der Waals surface area contributed by atoms with Gasteiger partial charge in [-0.15, -0.1) is 16.4 Å². The van der Waals surface area contributed by atoms with Gasteiger partial charge in [0.2, 0.25) is 0 Å². The number of hydrogen-bond donors (Lipinski definition) is 1. The summed E-state index contributed by atoms with van der Waals surface area (Å²) in [5.74, 6) is 0. The van der Waals surface area contributed by atoms with Crippen LogP contribution in [0.4, 0.5) is 0 Å². The predicted octanol–water partition coefficient (Wildman–Crippen LogP) is 2.57. The molecule has 0 amide bonds. The fraction of sp³-hybridized carbons (Fsp3) is 0.214. The first-order valence-electron chi connectivity index (χ1n) is 6.42. The van der Waals surface area contributed by atoms with Crippen molar-refractivity contribution in [3.8, 4) is 5.69 Å². The van der Waals surface area contributed by atoms with Crippen LogP contribution in [0, 0.1) is 0 Å². The highest BCUT2D eigenvalue weighted by Crippen LogP contribution is 2.17. The minimum absolute atomic E-state index is 0.272. The van der Waals surface area contributed by atoms with E-state index >= 15 is 0 Å². The maximum Gasteiger partial charge on any atom is 0.143 e. The summed E-state index contributed by atoms with van der Waals surface area (Å²) in [5.41, 5.74) is 2.19. The lowest BCUT2D eigenvalue weighted by molar-refractivity contribution is 0.578. The molecule has 0 radical (unpaired) electrons. The summed E-state index contributed by atoms with van der Waals surface area (Å²) in [6.45, 7) is 3.04. The fourth-order valence-electron chi connectivity index (χ4n) is 2.00. The van der Waals surface area contributed by atoms with Crippen molar-refractivity contribution in [3.63, 3.8) is 0 Å². The van der Waals surface area contributed by atoms with Gasteiger partial charge in [-0.1, -0.05) is 18.2 Å². The van der Waals surface area contributed by atoms with Gasteiger partial charge in [0, 0.05) is 17.5 Å². The average molecular weight is 285 g/mol. The van der Waals surface area contributed by atoms with Crippen molar-refractivity contribution in [2.24, 2.45) is 0 Å². The molecule has 0 spiro atoms. The first-order chi connectivity index (χ1) is 9.83. The van der Waals surface area contributed by atoms with E-state index in [1.54, 1.807) is 22.3 Å². The van der Waals surface area contributed by atoms with E-state index < -0.39 is 0 Å². The number of thiophene rings is 1. The minimum Gasteiger partial charge on any atom is -0.305 e. The largest absolute Gasteiger partial charge is 0.305 e. The van der Waals surface area contributed by atoms with Crippen LogP contribution in [0.5, 0.6) is 0 Å². The highest BCUT2D eigenvalue weighted by molar-refractivity contribution is 7.09. The number of benzene rings is 1. The molecule has 2 aromatic heterocycles. The Kier molecular flexibility index (Phi) is 3.85. The predicted molar refractivity (Wildman–Crippen MR) is 78.7 cm³/mol. The number of tetrazole rings is 1. The molecular formula is C14H15N5S. The zero-order chi connectivity index (χ0) is 13.8. The standard InChI is InChI=1S/C14H15N5S/c1-11(15-9-14-6-3-7-20-14)12-4-2-5-13(8-12)19-10-16-17-18-19/h2-8,10-11,15H,9H2,1H3. The van der Waals surface area contributed by atoms with Crippen LogP contribution in [0.25, 0.3) is 5.69 Å². The van der Waals surface area contributed by atoms with E-state index in [4.69, 9.17) is 0 Å². The van der Waals surface area contributed by atoms with Gasteiger partial charge in [-0.2, -0.15) is 0 Å². The molecule has 1 unspecified atom stereocenters. The van der Waals surface area contributed by atoms with E-state index in [0.717, 1.165) is 12.2 Å². The lowest BCUT2D eigenvalue weighted by Gasteiger charge is -2.14. The third-order valence-corrected chi connectivity index (χ3v) is 4.02. The zero-order valence-electron chi connectivity index (χ0n) is 11.1. The van der Waals surface area contributed by atoms with Crippen LogP contribution in [0.1, 0.15) is 23.4 Å². The lowest BCUT2D eigenvalue weighted by Crippen LogP contribution is -2.17. The number of aromatic nitrogens is 4. The van der Waals surface area contributed by atoms with Crippen LogP contribution < -0.4 is 5.32 Å². The van der Waals surface area contributed by atoms with Crippen LogP contribution in [-0.2, 0) is 6.54 Å². The van der Waals surface area contributed by atoms with Gasteiger partial charge in [0.1, 0.15) is 6.33 Å². The van der Waals surface area contributed by atoms with E-state index in [1.807, 2.05) is 12.1 Å². The highest BCUT2D eigenvalue weighted by atomic mass is 32.1. The van der Waals surface area contributed by atoms with Crippen molar-refractivity contribution < 1.29 is 0 Å². The summed E-state index contributed by atoms with van der Waals surface area (Å²) in [7, 11) is 0. The lowest BCUT2D eigenvalue weighted by atomic mass is 10.1. The van der Waals surface area contributed by atoms with Crippen molar-refractivity contribution in [3.05, 3.63) is 58.5 Å². The van der Waals surface area contributed by atoms with Gasteiger partial charge in [0.15, 0.2) is 0 Å². The second-order valence-electron chi connectivity index (χ2n) is 4.53. The second kappa shape index (κ2) is 5.94. The second-order valence-corrected chi connectivity index (χ2v) is 5.56. The van der Waals surface area contributed by atoms with E-state index in [9.17, 15) is 0 Å². The molecule has 1 atom stereocenters. The Morgan fingerprint density at radius 3 is 3.00 bits per heavy atom. The smallest absolute Gasteiger partial charge is 0.143 e. The van der Waals surface area contributed by atoms with Gasteiger partial charge in [-0.05, 0) is 46.5 Å². The molecule has 3 aromatic rings. The van der Waals surface area contributed by atoms with E-state index in [2.05, 4.69) is 57.4 Å². The van der Waals surface area contributed by atoms with Crippen molar-refractivity contribution in [2.75, 3.05) is 0 Å². The summed E-state index contributed by atoms with van der Waals surface area (Å²) in [6.07, 6.45) is 1.60. The molecule has 6 heteroatoms. The van der Waals surface area contributed by atoms with E-state index in [0.29, 0.717) is 0 Å². The molecule has 5 nitrogen and oxygen atoms in total. The van der Waals surface area contributed by atoms with Crippen molar-refractivity contribution in [2.45, 2.75) is 19.5 Å². The molecule has 0 saturated carbocycles. The quantitative estimate of drug-likeness (QED) is 0.783. The summed E-state index contributed by atoms with van der Waals surface area (Å²) < 4.78 is 1.66. The van der Waals surface area contributed by atoms with E-state index in [-0.39, 0.29) is 6.04 Å². The van der Waals surface area contributed by atoms with Gasteiger partial charge >= 0.3 is 0 Å². The number of hydrogen-bond acceptors (Lipinski definition) is 5. The molecule has 0 aliphatic rings. The van der Waals surface area contributed by atoms with Crippen molar-refractivity contribution in [1.29, 1.82) is 0 Å². The van der Waals surface area contributed by atoms with E-state index in [1.165, 1.54) is 10.4 Å². The maximum atomic E-state index is 3.91. The molecule has 0 aliphatic carbocycles. The average Bonchev–Trinajstić information content (AvgIpc) is 3.18. The minimum atomic E-state index is 0.272. The normalized spacial score (nSPS) is 12.4. The van der Waals surface area contributed by atoms with Gasteiger partial charge in [0.25, 0.3) is 0 Å². The molecule has 20 heavy (non-hydrogen) atoms. The summed E-state index contributed by atoms with van der Waals surface area (Å²) in [6, 6.07) is 12.7. The van der Waals surface area contributed by atoms with Gasteiger partial charge in [-0.3, -0.25) is 0 Å². The fourth-order valence-corrected chi connectivity index (χ4v) is 2.66. The molecular weight excluding hydrogens is 270 g/mol. The summed E-state index contributed by atoms with van der Waals surface area (Å²) in [5, 5.41) is 16.9. The maximum absolute atomic E-state index is 3.91. The molecule has 2 heterocycles. The van der Waals surface area contributed by atoms with Crippen molar-refractivity contribution >= 4 is 11.3 Å². The van der Waals surface area contributed by atoms with Gasteiger partial charge in [0.05, 0.1) is 5.69 Å². The van der Waals surface area contributed by atoms with Gasteiger partial charge < -0.3 is 5.32 Å². The Hall–Kier alpha value is -2.05. The molecule has 1 N–H and O–H groups in total. The Bertz CT molecular complexity index is 648. The first-order valence-corrected chi connectivity index (χ1v) is 7.30. The Morgan fingerprint density at radius 2 is 2.25 bits per heavy atom. The first kappa shape index (κ1) is 13.0. The SMILES string of the molecule is CC(NCc1cccs1)c1cccc(-n2cnnn2)c1. The van der Waals surface area contributed by atoms with Gasteiger partial charge in [-0.25, -0.2) is 4.68 Å². The van der Waals surface area contributed by atoms with Crippen molar-refractivity contribution in [1.82, 2.24) is 25.5 Å². The van der Waals surface area contributed by atoms with Crippen LogP contribution in [0.3, 0.4) is 0 Å². The van der Waals surface area contributed by atoms with Crippen LogP contribution in [-0.4, -0.2) is 20.2 Å². The number of nitrogens with zero attached hydrogens (tertiary/aromatic N) is 4. The summed E-state index contributed by atoms with van der Waals surface area (Å²) >= 11 is 1.77. The monoisotopic (exact) mass is 285 g/mol. The molecule has 3 rings (SSSR count). The third-order valence-electron chi connectivity index (χ3n) is 3.15. The third kappa shape index (κ3) is 2.92. The number of nitrogens with one attached hydrogen (secondary N) is 1. The number of rotatable bonds is 5. The molecule has 0 aliphatic heterocycles. The highest BCUT2D eigenvalue weighted by Gasteiger charge is 2.07. The molecule has 0 fully saturated rings. The van der Waals surface area contributed by atoms with Crippen LogP contribution in [0.15, 0.2) is 48.1 Å². The molecule has 0 bridgehead atoms. The summed E-state index contributed by atoms with van der Waals surface area (Å²) in [4.78, 5) is 1.34. The molecule has 0 saturated heterocycles. The van der Waals surface area contributed by atoms with Crippen LogP contribution in [0.2, 0.25) is 0 Å². The Labute approximate surface area is 121 Å². The zero-order valence-corrected chi connectivity index (χ0v) is 11.9. The topological polar surface area (TPSA) is 55.6 Å². The van der Waals surface area contributed by atoms with Crippen LogP contribution >= 0.6 is 11.3 Å². The molecule has 1 aromatic carbocycles. The molecule has 102 valence electrons.